The summed E-state index contributed by atoms with van der Waals surface area (Å²) in [7, 11) is 0. The summed E-state index contributed by atoms with van der Waals surface area (Å²) in [6, 6.07) is 12.9. The minimum atomic E-state index is -0.446. The van der Waals surface area contributed by atoms with Crippen LogP contribution in [0.4, 0.5) is 11.4 Å². The van der Waals surface area contributed by atoms with E-state index in [1.807, 2.05) is 6.07 Å². The second-order valence-electron chi connectivity index (χ2n) is 5.25. The number of nitro groups is 1. The number of nitrogens with zero attached hydrogens (tertiary/aromatic N) is 1. The van der Waals surface area contributed by atoms with Crippen LogP contribution in [0.5, 0.6) is 0 Å². The second-order valence-corrected chi connectivity index (χ2v) is 5.66. The molecule has 0 aliphatic heterocycles. The molecule has 0 heterocycles. The van der Waals surface area contributed by atoms with Gasteiger partial charge in [0.15, 0.2) is 0 Å². The molecule has 0 bridgehead atoms. The van der Waals surface area contributed by atoms with E-state index in [1.165, 1.54) is 36.1 Å². The van der Waals surface area contributed by atoms with Crippen LogP contribution in [0, 0.1) is 10.1 Å². The van der Waals surface area contributed by atoms with E-state index >= 15 is 0 Å². The van der Waals surface area contributed by atoms with Crippen LogP contribution in [0.2, 0.25) is 5.02 Å². The highest BCUT2D eigenvalue weighted by Gasteiger charge is 2.25. The number of benzene rings is 2. The molecule has 3 rings (SSSR count). The Bertz CT molecular complexity index is 684. The van der Waals surface area contributed by atoms with Gasteiger partial charge in [0.05, 0.1) is 15.6 Å². The Morgan fingerprint density at radius 3 is 2.67 bits per heavy atom. The summed E-state index contributed by atoms with van der Waals surface area (Å²) in [6.07, 6.45) is 2.52. The smallest absolute Gasteiger partial charge is 0.271 e. The molecule has 1 aliphatic rings. The first kappa shape index (κ1) is 13.9. The Morgan fingerprint density at radius 2 is 2.00 bits per heavy atom. The van der Waals surface area contributed by atoms with Crippen LogP contribution in [0.3, 0.4) is 0 Å². The summed E-state index contributed by atoms with van der Waals surface area (Å²) in [6.45, 7) is 0.671. The fourth-order valence-corrected chi connectivity index (χ4v) is 2.68. The fourth-order valence-electron chi connectivity index (χ4n) is 2.44. The number of anilines is 1. The zero-order valence-corrected chi connectivity index (χ0v) is 12.1. The van der Waals surface area contributed by atoms with Crippen molar-refractivity contribution in [3.63, 3.8) is 0 Å². The monoisotopic (exact) mass is 302 g/mol. The maximum absolute atomic E-state index is 10.7. The van der Waals surface area contributed by atoms with Gasteiger partial charge in [-0.25, -0.2) is 0 Å². The zero-order valence-electron chi connectivity index (χ0n) is 11.4. The van der Waals surface area contributed by atoms with Crippen molar-refractivity contribution in [3.8, 4) is 0 Å². The molecule has 5 heteroatoms. The predicted molar refractivity (Wildman–Crippen MR) is 83.9 cm³/mol. The molecule has 108 valence electrons. The molecule has 1 saturated carbocycles. The normalized spacial score (nSPS) is 14.0. The molecule has 1 N–H and O–H groups in total. The highest BCUT2D eigenvalue weighted by Crippen LogP contribution is 2.41. The summed E-state index contributed by atoms with van der Waals surface area (Å²) in [5.41, 5.74) is 3.37. The Morgan fingerprint density at radius 1 is 1.24 bits per heavy atom. The number of hydrogen-bond donors (Lipinski definition) is 1. The molecule has 1 fully saturated rings. The van der Waals surface area contributed by atoms with Gasteiger partial charge < -0.3 is 5.32 Å². The molecule has 0 spiro atoms. The lowest BCUT2D eigenvalue weighted by molar-refractivity contribution is -0.384. The number of halogens is 1. The molecule has 0 saturated heterocycles. The first-order chi connectivity index (χ1) is 10.1. The van der Waals surface area contributed by atoms with Gasteiger partial charge in [-0.2, -0.15) is 0 Å². The molecule has 0 unspecified atom stereocenters. The van der Waals surface area contributed by atoms with Crippen LogP contribution in [0.25, 0.3) is 0 Å². The van der Waals surface area contributed by atoms with E-state index in [0.717, 1.165) is 0 Å². The van der Waals surface area contributed by atoms with Gasteiger partial charge in [-0.3, -0.25) is 10.1 Å². The van der Waals surface area contributed by atoms with Crippen molar-refractivity contribution >= 4 is 23.0 Å². The molecule has 0 aromatic heterocycles. The Labute approximate surface area is 127 Å². The molecule has 0 amide bonds. The minimum absolute atomic E-state index is 0.00364. The Balaban J connectivity index is 1.75. The van der Waals surface area contributed by atoms with E-state index in [9.17, 15) is 10.1 Å². The largest absolute Gasteiger partial charge is 0.380 e. The third kappa shape index (κ3) is 3.16. The average molecular weight is 303 g/mol. The van der Waals surface area contributed by atoms with Gasteiger partial charge in [0.1, 0.15) is 0 Å². The molecular formula is C16H15ClN2O2. The van der Waals surface area contributed by atoms with Gasteiger partial charge in [-0.15, -0.1) is 0 Å². The average Bonchev–Trinajstić information content (AvgIpc) is 3.30. The van der Waals surface area contributed by atoms with Crippen molar-refractivity contribution in [2.45, 2.75) is 25.3 Å². The van der Waals surface area contributed by atoms with Crippen molar-refractivity contribution < 1.29 is 4.92 Å². The molecule has 1 aliphatic carbocycles. The maximum Gasteiger partial charge on any atom is 0.271 e. The van der Waals surface area contributed by atoms with Crippen molar-refractivity contribution in [2.75, 3.05) is 5.32 Å². The van der Waals surface area contributed by atoms with Crippen molar-refractivity contribution in [2.24, 2.45) is 0 Å². The molecular weight excluding hydrogens is 288 g/mol. The SMILES string of the molecule is O=[N+]([O-])c1ccc(NCc2ccccc2C2CC2)c(Cl)c1. The maximum atomic E-state index is 10.7. The zero-order chi connectivity index (χ0) is 14.8. The van der Waals surface area contributed by atoms with Gasteiger partial charge >= 0.3 is 0 Å². The standard InChI is InChI=1S/C16H15ClN2O2/c17-15-9-13(19(20)21)7-8-16(15)18-10-12-3-1-2-4-14(12)11-5-6-11/h1-4,7-9,11,18H,5-6,10H2. The first-order valence-corrected chi connectivity index (χ1v) is 7.28. The van der Waals surface area contributed by atoms with E-state index in [-0.39, 0.29) is 5.69 Å². The van der Waals surface area contributed by atoms with Gasteiger partial charge in [-0.05, 0) is 36.0 Å². The first-order valence-electron chi connectivity index (χ1n) is 6.91. The summed E-state index contributed by atoms with van der Waals surface area (Å²) in [5, 5.41) is 14.3. The number of nitrogens with one attached hydrogen (secondary N) is 1. The van der Waals surface area contributed by atoms with Crippen LogP contribution in [0.1, 0.15) is 29.9 Å². The molecule has 2 aromatic rings. The molecule has 2 aromatic carbocycles. The summed E-state index contributed by atoms with van der Waals surface area (Å²) >= 11 is 6.09. The predicted octanol–water partition coefficient (Wildman–Crippen LogP) is 4.74. The third-order valence-electron chi connectivity index (χ3n) is 3.71. The van der Waals surface area contributed by atoms with Crippen LogP contribution < -0.4 is 5.32 Å². The van der Waals surface area contributed by atoms with E-state index in [4.69, 9.17) is 11.6 Å². The Kier molecular flexibility index (Phi) is 3.80. The lowest BCUT2D eigenvalue weighted by atomic mass is 10.0. The number of hydrogen-bond acceptors (Lipinski definition) is 3. The van der Waals surface area contributed by atoms with E-state index in [0.29, 0.717) is 23.2 Å². The van der Waals surface area contributed by atoms with Crippen LogP contribution in [-0.4, -0.2) is 4.92 Å². The number of nitro benzene ring substituents is 1. The second kappa shape index (κ2) is 5.74. The fraction of sp³-hybridized carbons (Fsp3) is 0.250. The highest BCUT2D eigenvalue weighted by atomic mass is 35.5. The van der Waals surface area contributed by atoms with Crippen molar-refractivity contribution in [3.05, 3.63) is 68.7 Å². The number of non-ortho nitro benzene ring substituents is 1. The van der Waals surface area contributed by atoms with Crippen LogP contribution >= 0.6 is 11.6 Å². The summed E-state index contributed by atoms with van der Waals surface area (Å²) in [4.78, 5) is 10.3. The van der Waals surface area contributed by atoms with Crippen LogP contribution in [-0.2, 0) is 6.54 Å². The van der Waals surface area contributed by atoms with Gasteiger partial charge in [-0.1, -0.05) is 35.9 Å². The van der Waals surface area contributed by atoms with Gasteiger partial charge in [0.2, 0.25) is 0 Å². The van der Waals surface area contributed by atoms with E-state index in [2.05, 4.69) is 23.5 Å². The molecule has 21 heavy (non-hydrogen) atoms. The van der Waals surface area contributed by atoms with E-state index in [1.54, 1.807) is 6.07 Å². The van der Waals surface area contributed by atoms with Crippen LogP contribution in [0.15, 0.2) is 42.5 Å². The molecule has 4 nitrogen and oxygen atoms in total. The third-order valence-corrected chi connectivity index (χ3v) is 4.02. The van der Waals surface area contributed by atoms with E-state index < -0.39 is 4.92 Å². The van der Waals surface area contributed by atoms with Crippen molar-refractivity contribution in [1.29, 1.82) is 0 Å². The highest BCUT2D eigenvalue weighted by molar-refractivity contribution is 6.33. The quantitative estimate of drug-likeness (QED) is 0.641. The Hall–Kier alpha value is -2.07. The summed E-state index contributed by atoms with van der Waals surface area (Å²) in [5.74, 6) is 0.690. The topological polar surface area (TPSA) is 55.2 Å². The van der Waals surface area contributed by atoms with Gasteiger partial charge in [0.25, 0.3) is 5.69 Å². The summed E-state index contributed by atoms with van der Waals surface area (Å²) < 4.78 is 0. The lowest BCUT2D eigenvalue weighted by Crippen LogP contribution is -2.03. The molecule has 0 radical (unpaired) electrons. The van der Waals surface area contributed by atoms with Gasteiger partial charge in [0, 0.05) is 18.7 Å². The lowest BCUT2D eigenvalue weighted by Gasteiger charge is -2.12. The minimum Gasteiger partial charge on any atom is -0.380 e. The number of rotatable bonds is 5. The molecule has 0 atom stereocenters. The van der Waals surface area contributed by atoms with Crippen molar-refractivity contribution in [1.82, 2.24) is 0 Å².